The van der Waals surface area contributed by atoms with Gasteiger partial charge in [0.1, 0.15) is 6.54 Å². The molecule has 1 aromatic carbocycles. The second-order valence-corrected chi connectivity index (χ2v) is 6.01. The first-order valence-electron chi connectivity index (χ1n) is 7.90. The van der Waals surface area contributed by atoms with Gasteiger partial charge < -0.3 is 10.0 Å². The molecular weight excluding hydrogens is 341 g/mol. The Balaban J connectivity index is 2.19. The molecule has 2 N–H and O–H groups in total. The van der Waals surface area contributed by atoms with Crippen LogP contribution in [0.1, 0.15) is 25.3 Å². The van der Waals surface area contributed by atoms with Gasteiger partial charge in [-0.05, 0) is 31.9 Å². The Morgan fingerprint density at radius 2 is 1.72 bits per heavy atom. The van der Waals surface area contributed by atoms with E-state index in [0.29, 0.717) is 0 Å². The summed E-state index contributed by atoms with van der Waals surface area (Å²) in [5.41, 5.74) is -0.803. The Kier molecular flexibility index (Phi) is 5.38. The van der Waals surface area contributed by atoms with Crippen LogP contribution in [-0.4, -0.2) is 46.8 Å². The molecule has 2 rings (SSSR count). The van der Waals surface area contributed by atoms with Crippen molar-refractivity contribution in [2.45, 2.75) is 25.9 Å². The molecule has 1 fully saturated rings. The summed E-state index contributed by atoms with van der Waals surface area (Å²) in [5, 5.41) is 19.7. The van der Waals surface area contributed by atoms with Gasteiger partial charge in [0.25, 0.3) is 0 Å². The Hall–Kier alpha value is -2.13. The minimum atomic E-state index is -4.50. The summed E-state index contributed by atoms with van der Waals surface area (Å²) in [6, 6.07) is 3.84. The molecule has 0 aromatic heterocycles. The molecule has 0 spiro atoms. The fourth-order valence-corrected chi connectivity index (χ4v) is 2.98. The number of carbonyl (C=O) groups excluding carboxylic acids is 1. The molecule has 2 amide bonds. The summed E-state index contributed by atoms with van der Waals surface area (Å²) >= 11 is 0. The summed E-state index contributed by atoms with van der Waals surface area (Å²) in [4.78, 5) is 24.9. The van der Waals surface area contributed by atoms with E-state index in [4.69, 9.17) is 5.11 Å². The molecule has 0 saturated carbocycles. The maximum absolute atomic E-state index is 12.7. The summed E-state index contributed by atoms with van der Waals surface area (Å²) in [5.74, 6) is -1.09. The van der Waals surface area contributed by atoms with Gasteiger partial charge in [0.15, 0.2) is 5.69 Å². The van der Waals surface area contributed by atoms with Gasteiger partial charge in [-0.3, -0.25) is 0 Å². The molecule has 0 bridgehead atoms. The van der Waals surface area contributed by atoms with Crippen LogP contribution in [-0.2, 0) is 11.0 Å². The largest absolute Gasteiger partial charge is 0.465 e. The van der Waals surface area contributed by atoms with Crippen LogP contribution in [0.2, 0.25) is 0 Å². The van der Waals surface area contributed by atoms with Crippen molar-refractivity contribution in [1.82, 2.24) is 9.55 Å². The number of carbonyl (C=O) groups is 2. The molecular formula is C16H20F3N2O4+. The number of piperidine rings is 1. The van der Waals surface area contributed by atoms with Gasteiger partial charge in [-0.2, -0.15) is 13.2 Å². The normalized spacial score (nSPS) is 18.7. The number of carboxylic acid groups (broad SMARTS) is 1. The Morgan fingerprint density at radius 3 is 2.12 bits per heavy atom. The Bertz CT molecular complexity index is 640. The molecule has 1 aliphatic heterocycles. The number of hydrogen-bond donors (Lipinski definition) is 2. The van der Waals surface area contributed by atoms with Gasteiger partial charge >= 0.3 is 18.2 Å². The van der Waals surface area contributed by atoms with E-state index >= 15 is 0 Å². The van der Waals surface area contributed by atoms with E-state index < -0.39 is 34.3 Å². The molecule has 1 atom stereocenters. The fraction of sp³-hybridized carbons (Fsp3) is 0.500. The Morgan fingerprint density at radius 1 is 1.20 bits per heavy atom. The van der Waals surface area contributed by atoms with Crippen LogP contribution in [0, 0.1) is 5.92 Å². The van der Waals surface area contributed by atoms with Crippen LogP contribution >= 0.6 is 0 Å². The minimum Gasteiger partial charge on any atom is -0.465 e. The number of amides is 2. The van der Waals surface area contributed by atoms with E-state index in [1.807, 2.05) is 0 Å². The quantitative estimate of drug-likeness (QED) is 0.492. The van der Waals surface area contributed by atoms with Crippen LogP contribution in [0.4, 0.5) is 23.7 Å². The zero-order valence-electron chi connectivity index (χ0n) is 13.7. The second kappa shape index (κ2) is 7.01. The van der Waals surface area contributed by atoms with Crippen LogP contribution in [0.15, 0.2) is 24.3 Å². The molecule has 1 aliphatic rings. The number of nitrogens with zero attached hydrogens (tertiary/aromatic N) is 2. The number of quaternary nitrogens is 1. The molecule has 0 aliphatic carbocycles. The van der Waals surface area contributed by atoms with E-state index in [0.717, 1.165) is 24.3 Å². The first-order chi connectivity index (χ1) is 11.6. The van der Waals surface area contributed by atoms with Gasteiger partial charge in [0.05, 0.1) is 11.5 Å². The molecule has 25 heavy (non-hydrogen) atoms. The topological polar surface area (TPSA) is 77.8 Å². The van der Waals surface area contributed by atoms with E-state index in [1.165, 1.54) is 4.90 Å². The van der Waals surface area contributed by atoms with Crippen LogP contribution in [0.3, 0.4) is 0 Å². The van der Waals surface area contributed by atoms with E-state index in [-0.39, 0.29) is 38.2 Å². The molecule has 6 nitrogen and oxygen atoms in total. The zero-order chi connectivity index (χ0) is 18.8. The molecule has 0 radical (unpaired) electrons. The molecule has 1 aromatic rings. The van der Waals surface area contributed by atoms with Crippen molar-refractivity contribution in [3.63, 3.8) is 0 Å². The molecule has 9 heteroatoms. The smallest absolute Gasteiger partial charge is 0.416 e. The summed E-state index contributed by atoms with van der Waals surface area (Å²) in [6.45, 7) is 1.89. The summed E-state index contributed by atoms with van der Waals surface area (Å²) < 4.78 is 36.9. The lowest BCUT2D eigenvalue weighted by molar-refractivity contribution is -0.167. The lowest BCUT2D eigenvalue weighted by atomic mass is 9.95. The zero-order valence-corrected chi connectivity index (χ0v) is 13.7. The van der Waals surface area contributed by atoms with Gasteiger partial charge in [0.2, 0.25) is 0 Å². The molecule has 1 unspecified atom stereocenters. The molecule has 1 heterocycles. The number of benzene rings is 1. The average molecular weight is 361 g/mol. The number of alkyl halides is 3. The molecule has 1 saturated heterocycles. The number of hydroxylamine groups is 2. The van der Waals surface area contributed by atoms with E-state index in [1.54, 1.807) is 6.92 Å². The Labute approximate surface area is 142 Å². The van der Waals surface area contributed by atoms with Gasteiger partial charge in [-0.15, -0.1) is 0 Å². The third-order valence-electron chi connectivity index (χ3n) is 4.56. The highest BCUT2D eigenvalue weighted by Gasteiger charge is 2.44. The van der Waals surface area contributed by atoms with Gasteiger partial charge in [-0.1, -0.05) is 4.65 Å². The predicted octanol–water partition coefficient (Wildman–Crippen LogP) is 3.34. The summed E-state index contributed by atoms with van der Waals surface area (Å²) in [7, 11) is 0. The SMILES string of the molecule is CC[N+](O)(C(=O)C1CCN(C(=O)O)CC1)c1ccc(C(F)(F)F)cc1. The van der Waals surface area contributed by atoms with Crippen molar-refractivity contribution in [1.29, 1.82) is 0 Å². The third kappa shape index (κ3) is 3.93. The standard InChI is InChI=1S/C16H19F3N2O4/c1-2-21(25,13-5-3-12(4-6-13)16(17,18)19)14(22)11-7-9-20(10-8-11)15(23)24/h3-6,11,25H,2,7-10H2,1H3/p+1. The van der Waals surface area contributed by atoms with Crippen molar-refractivity contribution < 1.29 is 33.1 Å². The lowest BCUT2D eigenvalue weighted by Crippen LogP contribution is -2.55. The predicted molar refractivity (Wildman–Crippen MR) is 82.9 cm³/mol. The van der Waals surface area contributed by atoms with Crippen molar-refractivity contribution in [2.75, 3.05) is 19.6 Å². The third-order valence-corrected chi connectivity index (χ3v) is 4.56. The average Bonchev–Trinajstić information content (AvgIpc) is 2.59. The maximum Gasteiger partial charge on any atom is 0.416 e. The van der Waals surface area contributed by atoms with Crippen molar-refractivity contribution in [2.24, 2.45) is 5.92 Å². The number of likely N-dealkylation sites (tertiary alicyclic amines) is 1. The molecule has 138 valence electrons. The maximum atomic E-state index is 12.7. The highest BCUT2D eigenvalue weighted by Crippen LogP contribution is 2.33. The van der Waals surface area contributed by atoms with Gasteiger partial charge in [-0.25, -0.2) is 14.8 Å². The minimum absolute atomic E-state index is 0.0384. The fourth-order valence-electron chi connectivity index (χ4n) is 2.98. The highest BCUT2D eigenvalue weighted by molar-refractivity contribution is 5.88. The lowest BCUT2D eigenvalue weighted by Gasteiger charge is -2.33. The van der Waals surface area contributed by atoms with Crippen molar-refractivity contribution in [3.8, 4) is 0 Å². The first-order valence-corrected chi connectivity index (χ1v) is 7.90. The van der Waals surface area contributed by atoms with Crippen molar-refractivity contribution in [3.05, 3.63) is 29.8 Å². The monoisotopic (exact) mass is 361 g/mol. The number of halogens is 3. The highest BCUT2D eigenvalue weighted by atomic mass is 19.4. The second-order valence-electron chi connectivity index (χ2n) is 6.01. The number of hydrogen-bond acceptors (Lipinski definition) is 3. The van der Waals surface area contributed by atoms with Crippen LogP contribution in [0.5, 0.6) is 0 Å². The first kappa shape index (κ1) is 19.2. The van der Waals surface area contributed by atoms with Crippen LogP contribution in [0.25, 0.3) is 0 Å². The van der Waals surface area contributed by atoms with E-state index in [9.17, 15) is 28.0 Å². The summed E-state index contributed by atoms with van der Waals surface area (Å²) in [6.07, 6.45) is -5.02. The van der Waals surface area contributed by atoms with E-state index in [2.05, 4.69) is 0 Å². The van der Waals surface area contributed by atoms with Crippen molar-refractivity contribution >= 4 is 17.7 Å². The van der Waals surface area contributed by atoms with Gasteiger partial charge in [0, 0.05) is 25.2 Å². The number of rotatable bonds is 3. The van der Waals surface area contributed by atoms with Crippen LogP contribution < -0.4 is 4.65 Å².